The van der Waals surface area contributed by atoms with Crippen molar-refractivity contribution in [3.8, 4) is 0 Å². The summed E-state index contributed by atoms with van der Waals surface area (Å²) >= 11 is 0. The fraction of sp³-hybridized carbons (Fsp3) is 0.577. The lowest BCUT2D eigenvalue weighted by molar-refractivity contribution is -0.142. The molecule has 33 heavy (non-hydrogen) atoms. The highest BCUT2D eigenvalue weighted by atomic mass is 16.6. The van der Waals surface area contributed by atoms with E-state index in [4.69, 9.17) is 9.47 Å². The van der Waals surface area contributed by atoms with E-state index in [2.05, 4.69) is 6.92 Å². The van der Waals surface area contributed by atoms with Crippen molar-refractivity contribution < 1.29 is 23.9 Å². The third-order valence-corrected chi connectivity index (χ3v) is 6.62. The van der Waals surface area contributed by atoms with Gasteiger partial charge in [0.15, 0.2) is 0 Å². The Bertz CT molecular complexity index is 1020. The Morgan fingerprint density at radius 3 is 2.58 bits per heavy atom. The maximum atomic E-state index is 12.8. The van der Waals surface area contributed by atoms with Crippen molar-refractivity contribution in [2.75, 3.05) is 20.2 Å². The van der Waals surface area contributed by atoms with Gasteiger partial charge in [0, 0.05) is 37.5 Å². The Labute approximate surface area is 196 Å². The van der Waals surface area contributed by atoms with Crippen LogP contribution < -0.4 is 0 Å². The van der Waals surface area contributed by atoms with Crippen molar-refractivity contribution in [2.24, 2.45) is 5.41 Å². The highest BCUT2D eigenvalue weighted by molar-refractivity contribution is 5.92. The summed E-state index contributed by atoms with van der Waals surface area (Å²) in [5.74, 6) is -0.0609. The van der Waals surface area contributed by atoms with Crippen LogP contribution in [0.3, 0.4) is 0 Å². The van der Waals surface area contributed by atoms with Crippen molar-refractivity contribution >= 4 is 28.9 Å². The lowest BCUT2D eigenvalue weighted by atomic mass is 9.74. The molecule has 1 unspecified atom stereocenters. The average molecular weight is 457 g/mol. The van der Waals surface area contributed by atoms with Gasteiger partial charge in [0.1, 0.15) is 5.60 Å². The van der Waals surface area contributed by atoms with Gasteiger partial charge in [-0.1, -0.05) is 25.1 Å². The van der Waals surface area contributed by atoms with Crippen LogP contribution >= 0.6 is 0 Å². The molecule has 1 aromatic heterocycles. The van der Waals surface area contributed by atoms with E-state index in [0.717, 1.165) is 35.7 Å². The predicted octanol–water partition coefficient (Wildman–Crippen LogP) is 4.94. The number of benzene rings is 1. The number of ether oxygens (including phenoxy) is 2. The molecule has 2 aromatic rings. The maximum Gasteiger partial charge on any atom is 0.419 e. The van der Waals surface area contributed by atoms with Crippen molar-refractivity contribution in [3.05, 3.63) is 36.0 Å². The molecule has 0 saturated carbocycles. The number of fused-ring (bicyclic) bond motifs is 1. The normalized spacial score (nSPS) is 19.1. The van der Waals surface area contributed by atoms with E-state index in [1.165, 1.54) is 7.11 Å². The molecule has 0 N–H and O–H groups in total. The molecule has 0 radical (unpaired) electrons. The Morgan fingerprint density at radius 1 is 1.18 bits per heavy atom. The molecule has 1 aromatic carbocycles. The zero-order chi connectivity index (χ0) is 24.2. The van der Waals surface area contributed by atoms with Gasteiger partial charge in [-0.2, -0.15) is 0 Å². The van der Waals surface area contributed by atoms with E-state index in [-0.39, 0.29) is 17.3 Å². The molecule has 1 atom stereocenters. The number of methoxy groups -OCH3 is 1. The minimum atomic E-state index is -0.587. The van der Waals surface area contributed by atoms with Crippen LogP contribution in [0.1, 0.15) is 65.4 Å². The summed E-state index contributed by atoms with van der Waals surface area (Å²) < 4.78 is 11.9. The van der Waals surface area contributed by atoms with Gasteiger partial charge >= 0.3 is 12.1 Å². The number of likely N-dealkylation sites (tertiary alicyclic amines) is 1. The molecule has 1 aliphatic rings. The number of piperidine rings is 1. The van der Waals surface area contributed by atoms with Crippen LogP contribution in [-0.4, -0.2) is 53.2 Å². The number of para-hydroxylation sites is 1. The number of hydrogen-bond acceptors (Lipinski definition) is 5. The van der Waals surface area contributed by atoms with Crippen molar-refractivity contribution in [3.63, 3.8) is 0 Å². The van der Waals surface area contributed by atoms with E-state index in [1.807, 2.05) is 56.1 Å². The van der Waals surface area contributed by atoms with Crippen LogP contribution in [0.5, 0.6) is 0 Å². The molecule has 1 aliphatic heterocycles. The number of amides is 1. The largest absolute Gasteiger partial charge is 0.469 e. The van der Waals surface area contributed by atoms with Crippen LogP contribution in [-0.2, 0) is 25.5 Å². The monoisotopic (exact) mass is 456 g/mol. The summed E-state index contributed by atoms with van der Waals surface area (Å²) in [6.07, 6.45) is 5.35. The Kier molecular flexibility index (Phi) is 7.50. The molecular weight excluding hydrogens is 420 g/mol. The number of hydrogen-bond donors (Lipinski definition) is 0. The molecule has 180 valence electrons. The first-order chi connectivity index (χ1) is 15.6. The fourth-order valence-corrected chi connectivity index (χ4v) is 4.61. The van der Waals surface area contributed by atoms with Gasteiger partial charge in [-0.3, -0.25) is 14.2 Å². The molecule has 0 bridgehead atoms. The van der Waals surface area contributed by atoms with Crippen molar-refractivity contribution in [2.45, 2.75) is 71.8 Å². The summed E-state index contributed by atoms with van der Waals surface area (Å²) in [7, 11) is 1.41. The molecule has 7 nitrogen and oxygen atoms in total. The second kappa shape index (κ2) is 9.98. The van der Waals surface area contributed by atoms with Crippen molar-refractivity contribution in [1.82, 2.24) is 9.47 Å². The lowest BCUT2D eigenvalue weighted by Gasteiger charge is -2.42. The number of rotatable bonds is 7. The third-order valence-electron chi connectivity index (χ3n) is 6.62. The fourth-order valence-electron chi connectivity index (χ4n) is 4.61. The molecule has 3 rings (SSSR count). The predicted molar refractivity (Wildman–Crippen MR) is 127 cm³/mol. The third kappa shape index (κ3) is 5.95. The van der Waals surface area contributed by atoms with Crippen molar-refractivity contribution in [1.29, 1.82) is 0 Å². The molecule has 7 heteroatoms. The molecular formula is C26H36N2O5. The van der Waals surface area contributed by atoms with Crippen LogP contribution in [0.4, 0.5) is 4.79 Å². The highest BCUT2D eigenvalue weighted by Gasteiger charge is 2.37. The number of nitrogens with zero attached hydrogens (tertiary/aromatic N) is 2. The Hall–Kier alpha value is -2.83. The standard InChI is InChI=1S/C26H36N2O5/c1-6-26(15-12-23(30)32-5)14-11-22(29)27(18-26)16-13-19-17-28(24(31)33-25(2,3)4)21-10-8-7-9-20(19)21/h7-10,17H,6,11-16,18H2,1-5H3. The van der Waals surface area contributed by atoms with E-state index in [1.54, 1.807) is 4.57 Å². The van der Waals surface area contributed by atoms with Crippen LogP contribution in [0, 0.1) is 5.41 Å². The summed E-state index contributed by atoms with van der Waals surface area (Å²) in [5.41, 5.74) is 1.16. The molecule has 1 fully saturated rings. The van der Waals surface area contributed by atoms with E-state index in [0.29, 0.717) is 32.4 Å². The first-order valence-corrected chi connectivity index (χ1v) is 11.7. The second-order valence-electron chi connectivity index (χ2n) is 10.0. The number of carbonyl (C=O) groups is 3. The topological polar surface area (TPSA) is 77.8 Å². The summed E-state index contributed by atoms with van der Waals surface area (Å²) in [6, 6.07) is 7.75. The summed E-state index contributed by atoms with van der Waals surface area (Å²) in [4.78, 5) is 39.1. The highest BCUT2D eigenvalue weighted by Crippen LogP contribution is 2.38. The quantitative estimate of drug-likeness (QED) is 0.552. The maximum absolute atomic E-state index is 12.8. The minimum absolute atomic E-state index is 0.0629. The lowest BCUT2D eigenvalue weighted by Crippen LogP contribution is -2.47. The SMILES string of the molecule is CCC1(CCC(=O)OC)CCC(=O)N(CCc2cn(C(=O)OC(C)(C)C)c3ccccc23)C1. The van der Waals surface area contributed by atoms with Gasteiger partial charge in [-0.05, 0) is 63.5 Å². The first kappa shape index (κ1) is 24.8. The number of carbonyl (C=O) groups excluding carboxylic acids is 3. The molecule has 0 aliphatic carbocycles. The van der Waals surface area contributed by atoms with Gasteiger partial charge in [0.25, 0.3) is 0 Å². The zero-order valence-electron chi connectivity index (χ0n) is 20.5. The van der Waals surface area contributed by atoms with Gasteiger partial charge in [0.2, 0.25) is 5.91 Å². The average Bonchev–Trinajstić information content (AvgIpc) is 3.15. The Morgan fingerprint density at radius 2 is 1.91 bits per heavy atom. The van der Waals surface area contributed by atoms with E-state index < -0.39 is 11.7 Å². The summed E-state index contributed by atoms with van der Waals surface area (Å²) in [6.45, 7) is 8.88. The molecule has 0 spiro atoms. The zero-order valence-corrected chi connectivity index (χ0v) is 20.5. The van der Waals surface area contributed by atoms with Gasteiger partial charge in [-0.25, -0.2) is 4.79 Å². The van der Waals surface area contributed by atoms with Gasteiger partial charge in [0.05, 0.1) is 12.6 Å². The van der Waals surface area contributed by atoms with Gasteiger partial charge < -0.3 is 14.4 Å². The second-order valence-corrected chi connectivity index (χ2v) is 10.0. The Balaban J connectivity index is 1.77. The molecule has 1 saturated heterocycles. The molecule has 2 heterocycles. The molecule has 1 amide bonds. The van der Waals surface area contributed by atoms with E-state index in [9.17, 15) is 14.4 Å². The van der Waals surface area contributed by atoms with E-state index >= 15 is 0 Å². The smallest absolute Gasteiger partial charge is 0.419 e. The van der Waals surface area contributed by atoms with Crippen LogP contribution in [0.25, 0.3) is 10.9 Å². The number of esters is 1. The van der Waals surface area contributed by atoms with Crippen LogP contribution in [0.2, 0.25) is 0 Å². The minimum Gasteiger partial charge on any atom is -0.469 e. The van der Waals surface area contributed by atoms with Crippen LogP contribution in [0.15, 0.2) is 30.5 Å². The van der Waals surface area contributed by atoms with Gasteiger partial charge in [-0.15, -0.1) is 0 Å². The summed E-state index contributed by atoms with van der Waals surface area (Å²) in [5, 5.41) is 0.986. The number of aromatic nitrogens is 1. The first-order valence-electron chi connectivity index (χ1n) is 11.7.